The van der Waals surface area contributed by atoms with E-state index in [1.807, 2.05) is 6.92 Å². The molecule has 1 N–H and O–H groups in total. The van der Waals surface area contributed by atoms with E-state index in [4.69, 9.17) is 11.6 Å². The van der Waals surface area contributed by atoms with Gasteiger partial charge in [0.05, 0.1) is 0 Å². The molecule has 1 aromatic carbocycles. The van der Waals surface area contributed by atoms with Gasteiger partial charge in [-0.05, 0) is 0 Å². The Morgan fingerprint density at radius 2 is 1.82 bits per heavy atom. The fourth-order valence-corrected chi connectivity index (χ4v) is 7.71. The first kappa shape index (κ1) is 29.2. The van der Waals surface area contributed by atoms with Gasteiger partial charge < -0.3 is 0 Å². The summed E-state index contributed by atoms with van der Waals surface area (Å²) in [5.74, 6) is -0.0766. The molecular weight excluding hydrogens is 671 g/mol. The first-order valence-corrected chi connectivity index (χ1v) is 15.9. The summed E-state index contributed by atoms with van der Waals surface area (Å²) < 4.78 is 87.2. The van der Waals surface area contributed by atoms with E-state index in [1.165, 1.54) is 4.57 Å². The SMILES string of the molecule is CCCn1c(=O)n(CCCI2CN=NC(Cc3cc(C(F)(F)F)ccc3C(F)(F)F)=N2)c(=O)c2[nH]c(Cl)nc21. The van der Waals surface area contributed by atoms with Crippen LogP contribution < -0.4 is 11.2 Å². The zero-order valence-corrected chi connectivity index (χ0v) is 23.1. The topological polar surface area (TPSA) is 110 Å². The number of benzene rings is 1. The molecule has 1 aliphatic heterocycles. The number of nitrogens with zero attached hydrogens (tertiary/aromatic N) is 6. The van der Waals surface area contributed by atoms with Gasteiger partial charge in [0, 0.05) is 0 Å². The number of halogens is 8. The molecule has 0 atom stereocenters. The van der Waals surface area contributed by atoms with Crippen molar-refractivity contribution in [1.29, 1.82) is 0 Å². The van der Waals surface area contributed by atoms with E-state index >= 15 is 0 Å². The summed E-state index contributed by atoms with van der Waals surface area (Å²) in [4.78, 5) is 32.5. The molecule has 0 saturated heterocycles. The summed E-state index contributed by atoms with van der Waals surface area (Å²) in [5, 5.41) is 7.70. The zero-order chi connectivity index (χ0) is 28.5. The van der Waals surface area contributed by atoms with Gasteiger partial charge in [0.1, 0.15) is 0 Å². The number of rotatable bonds is 8. The molecule has 2 aromatic heterocycles. The van der Waals surface area contributed by atoms with Crippen molar-refractivity contribution in [3.8, 4) is 0 Å². The van der Waals surface area contributed by atoms with Crippen molar-refractivity contribution >= 4 is 48.7 Å². The van der Waals surface area contributed by atoms with E-state index in [-0.39, 0.29) is 33.4 Å². The first-order chi connectivity index (χ1) is 18.3. The van der Waals surface area contributed by atoms with Crippen molar-refractivity contribution in [3.63, 3.8) is 0 Å². The van der Waals surface area contributed by atoms with Crippen molar-refractivity contribution in [1.82, 2.24) is 19.1 Å². The molecule has 3 heterocycles. The second kappa shape index (κ2) is 11.4. The quantitative estimate of drug-likeness (QED) is 0.105. The van der Waals surface area contributed by atoms with E-state index in [2.05, 4.69) is 23.4 Å². The van der Waals surface area contributed by atoms with Gasteiger partial charge in [-0.3, -0.25) is 0 Å². The number of alkyl halides is 8. The van der Waals surface area contributed by atoms with E-state index in [9.17, 15) is 35.9 Å². The van der Waals surface area contributed by atoms with Crippen LogP contribution in [-0.2, 0) is 31.9 Å². The number of aromatic nitrogens is 4. The molecule has 39 heavy (non-hydrogen) atoms. The molecule has 0 bridgehead atoms. The predicted molar refractivity (Wildman–Crippen MR) is 141 cm³/mol. The molecule has 0 saturated carbocycles. The van der Waals surface area contributed by atoms with Crippen molar-refractivity contribution in [2.24, 2.45) is 13.4 Å². The number of amidine groups is 1. The van der Waals surface area contributed by atoms with Crippen molar-refractivity contribution < 1.29 is 26.3 Å². The van der Waals surface area contributed by atoms with Gasteiger partial charge in [-0.2, -0.15) is 0 Å². The van der Waals surface area contributed by atoms with Crippen molar-refractivity contribution in [2.75, 3.05) is 8.98 Å². The summed E-state index contributed by atoms with van der Waals surface area (Å²) in [6, 6.07) is 1.25. The minimum absolute atomic E-state index is 0.0265. The van der Waals surface area contributed by atoms with Crippen LogP contribution in [-0.4, -0.2) is 33.9 Å². The average molecular weight is 692 g/mol. The molecule has 0 radical (unpaired) electrons. The summed E-state index contributed by atoms with van der Waals surface area (Å²) in [6.45, 7) is 2.23. The van der Waals surface area contributed by atoms with Crippen LogP contribution in [0.3, 0.4) is 0 Å². The molecule has 9 nitrogen and oxygen atoms in total. The van der Waals surface area contributed by atoms with E-state index in [0.717, 1.165) is 4.57 Å². The van der Waals surface area contributed by atoms with Crippen molar-refractivity contribution in [3.05, 3.63) is 61.0 Å². The minimum atomic E-state index is -4.86. The second-order valence-corrected chi connectivity index (χ2v) is 13.5. The Labute approximate surface area is 228 Å². The van der Waals surface area contributed by atoms with Gasteiger partial charge >= 0.3 is 229 Å². The van der Waals surface area contributed by atoms with Crippen LogP contribution in [0.1, 0.15) is 36.5 Å². The van der Waals surface area contributed by atoms with Gasteiger partial charge in [-0.1, -0.05) is 0 Å². The Bertz CT molecular complexity index is 1560. The Hall–Kier alpha value is -2.76. The summed E-state index contributed by atoms with van der Waals surface area (Å²) in [7, 11) is 0. The number of nitrogens with one attached hydrogen (secondary N) is 1. The van der Waals surface area contributed by atoms with Crippen molar-refractivity contribution in [2.45, 2.75) is 51.6 Å². The standard InChI is InChI=1S/C22H21ClF6IN7O2/c1-2-7-36-17-16(32-19(23)33-17)18(38)37(20(36)39)8-3-6-30-11-31-35-15(34-30)10-12-9-13(21(24,25)26)4-5-14(12)22(27,28)29/h4-5,9H,2-3,6-8,10-11H2,1H3,(H,32,33). The molecule has 0 aliphatic carbocycles. The van der Waals surface area contributed by atoms with Crippen LogP contribution in [0, 0.1) is 0 Å². The third kappa shape index (κ3) is 6.53. The molecule has 0 fully saturated rings. The average Bonchev–Trinajstić information content (AvgIpc) is 3.24. The Morgan fingerprint density at radius 3 is 2.49 bits per heavy atom. The van der Waals surface area contributed by atoms with Gasteiger partial charge in [0.2, 0.25) is 0 Å². The first-order valence-electron chi connectivity index (χ1n) is 11.5. The van der Waals surface area contributed by atoms with Gasteiger partial charge in [-0.15, -0.1) is 0 Å². The van der Waals surface area contributed by atoms with Crippen LogP contribution in [0.2, 0.25) is 5.28 Å². The molecule has 17 heteroatoms. The van der Waals surface area contributed by atoms with Gasteiger partial charge in [-0.25, -0.2) is 0 Å². The van der Waals surface area contributed by atoms with E-state index < -0.39 is 66.8 Å². The Morgan fingerprint density at radius 1 is 1.08 bits per heavy atom. The molecule has 0 amide bonds. The third-order valence-corrected chi connectivity index (χ3v) is 10.2. The molecular formula is C22H21ClF6IN7O2. The third-order valence-electron chi connectivity index (χ3n) is 5.69. The number of imidazole rings is 1. The number of aryl methyl sites for hydroxylation is 1. The van der Waals surface area contributed by atoms with Gasteiger partial charge in [0.25, 0.3) is 0 Å². The van der Waals surface area contributed by atoms with E-state index in [0.29, 0.717) is 42.0 Å². The number of fused-ring (bicyclic) bond motifs is 1. The molecule has 3 aromatic rings. The zero-order valence-electron chi connectivity index (χ0n) is 20.2. The molecule has 0 unspecified atom stereocenters. The van der Waals surface area contributed by atoms with Crippen LogP contribution in [0.25, 0.3) is 11.2 Å². The van der Waals surface area contributed by atoms with Gasteiger partial charge in [0.15, 0.2) is 0 Å². The summed E-state index contributed by atoms with van der Waals surface area (Å²) in [5.41, 5.74) is -3.86. The van der Waals surface area contributed by atoms with Crippen LogP contribution in [0.5, 0.6) is 0 Å². The molecule has 4 rings (SSSR count). The fourth-order valence-electron chi connectivity index (χ4n) is 4.01. The Kier molecular flexibility index (Phi) is 8.53. The van der Waals surface area contributed by atoms with Crippen LogP contribution in [0.4, 0.5) is 26.3 Å². The van der Waals surface area contributed by atoms with Crippen LogP contribution >= 0.6 is 31.7 Å². The van der Waals surface area contributed by atoms with Crippen LogP contribution in [0.15, 0.2) is 41.2 Å². The predicted octanol–water partition coefficient (Wildman–Crippen LogP) is 5.86. The number of aromatic amines is 1. The monoisotopic (exact) mass is 691 g/mol. The maximum absolute atomic E-state index is 13.4. The molecule has 212 valence electrons. The maximum atomic E-state index is 13.4. The normalized spacial score (nSPS) is 15.3. The number of azo groups is 1. The summed E-state index contributed by atoms with van der Waals surface area (Å²) in [6.07, 6.45) is -9.27. The summed E-state index contributed by atoms with van der Waals surface area (Å²) >= 11 is 3.58. The van der Waals surface area contributed by atoms with E-state index in [1.54, 1.807) is 0 Å². The number of H-pyrrole nitrogens is 1. The number of hydrogen-bond acceptors (Lipinski definition) is 6. The molecule has 1 aliphatic rings. The fraction of sp³-hybridized carbons (Fsp3) is 0.455. The number of hydrogen-bond donors (Lipinski definition) is 1. The Balaban J connectivity index is 1.52. The second-order valence-electron chi connectivity index (χ2n) is 8.49. The molecule has 0 spiro atoms.